The molecule has 0 radical (unpaired) electrons. The zero-order chi connectivity index (χ0) is 12.1. The van der Waals surface area contributed by atoms with Gasteiger partial charge >= 0.3 is 5.97 Å². The van der Waals surface area contributed by atoms with Crippen LogP contribution in [0.15, 0.2) is 54.7 Å². The van der Waals surface area contributed by atoms with Crippen molar-refractivity contribution in [1.82, 2.24) is 4.98 Å². The van der Waals surface area contributed by atoms with Gasteiger partial charge in [-0.1, -0.05) is 36.4 Å². The van der Waals surface area contributed by atoms with Crippen LogP contribution in [0.25, 0.3) is 0 Å². The fraction of sp³-hybridized carbons (Fsp3) is 0.143. The number of benzene rings is 1. The van der Waals surface area contributed by atoms with Gasteiger partial charge < -0.3 is 5.11 Å². The number of aliphatic carboxylic acids is 1. The molecule has 3 heteroatoms. The second kappa shape index (κ2) is 5.25. The Morgan fingerprint density at radius 3 is 2.41 bits per heavy atom. The van der Waals surface area contributed by atoms with E-state index < -0.39 is 11.9 Å². The third kappa shape index (κ3) is 2.91. The first-order valence-electron chi connectivity index (χ1n) is 5.45. The van der Waals surface area contributed by atoms with E-state index in [1.54, 1.807) is 6.20 Å². The van der Waals surface area contributed by atoms with Gasteiger partial charge in [0, 0.05) is 18.3 Å². The molecule has 17 heavy (non-hydrogen) atoms. The van der Waals surface area contributed by atoms with E-state index in [-0.39, 0.29) is 0 Å². The van der Waals surface area contributed by atoms with E-state index in [2.05, 4.69) is 4.98 Å². The van der Waals surface area contributed by atoms with Crippen molar-refractivity contribution in [2.45, 2.75) is 12.3 Å². The quantitative estimate of drug-likeness (QED) is 0.873. The lowest BCUT2D eigenvalue weighted by Gasteiger charge is -2.11. The van der Waals surface area contributed by atoms with Crippen molar-refractivity contribution in [3.8, 4) is 0 Å². The Labute approximate surface area is 99.8 Å². The molecule has 1 N–H and O–H groups in total. The van der Waals surface area contributed by atoms with Crippen LogP contribution in [0.2, 0.25) is 0 Å². The molecule has 0 aliphatic rings. The van der Waals surface area contributed by atoms with Crippen LogP contribution in [-0.2, 0) is 11.2 Å². The van der Waals surface area contributed by atoms with E-state index in [1.165, 1.54) is 0 Å². The summed E-state index contributed by atoms with van der Waals surface area (Å²) in [4.78, 5) is 15.4. The Morgan fingerprint density at radius 2 is 1.82 bits per heavy atom. The minimum Gasteiger partial charge on any atom is -0.481 e. The summed E-state index contributed by atoms with van der Waals surface area (Å²) in [5.41, 5.74) is 1.61. The third-order valence-corrected chi connectivity index (χ3v) is 2.64. The van der Waals surface area contributed by atoms with Crippen LogP contribution in [0.1, 0.15) is 17.2 Å². The minimum absolute atomic E-state index is 0.417. The molecular formula is C14H13NO2. The lowest BCUT2D eigenvalue weighted by atomic mass is 9.94. The Bertz CT molecular complexity index is 482. The summed E-state index contributed by atoms with van der Waals surface area (Å²) in [6.45, 7) is 0. The molecule has 1 atom stereocenters. The highest BCUT2D eigenvalue weighted by atomic mass is 16.4. The van der Waals surface area contributed by atoms with Crippen molar-refractivity contribution in [2.24, 2.45) is 0 Å². The third-order valence-electron chi connectivity index (χ3n) is 2.64. The highest BCUT2D eigenvalue weighted by molar-refractivity contribution is 5.76. The van der Waals surface area contributed by atoms with E-state index >= 15 is 0 Å². The zero-order valence-corrected chi connectivity index (χ0v) is 9.28. The maximum absolute atomic E-state index is 11.3. The van der Waals surface area contributed by atoms with Crippen molar-refractivity contribution in [2.75, 3.05) is 0 Å². The number of hydrogen-bond acceptors (Lipinski definition) is 2. The standard InChI is InChI=1S/C14H13NO2/c16-14(17)13(11-6-2-1-3-7-11)10-12-8-4-5-9-15-12/h1-9,13H,10H2,(H,16,17)/t13-/m0/s1. The smallest absolute Gasteiger partial charge is 0.311 e. The van der Waals surface area contributed by atoms with E-state index in [1.807, 2.05) is 48.5 Å². The van der Waals surface area contributed by atoms with E-state index in [0.29, 0.717) is 6.42 Å². The van der Waals surface area contributed by atoms with Gasteiger partial charge in [0.05, 0.1) is 5.92 Å². The number of pyridine rings is 1. The summed E-state index contributed by atoms with van der Waals surface area (Å²) in [5.74, 6) is -1.35. The van der Waals surface area contributed by atoms with Crippen LogP contribution in [0.4, 0.5) is 0 Å². The topological polar surface area (TPSA) is 50.2 Å². The molecule has 0 spiro atoms. The molecule has 1 aromatic heterocycles. The Balaban J connectivity index is 2.23. The van der Waals surface area contributed by atoms with Gasteiger partial charge in [-0.25, -0.2) is 0 Å². The molecule has 3 nitrogen and oxygen atoms in total. The highest BCUT2D eigenvalue weighted by Gasteiger charge is 2.20. The van der Waals surface area contributed by atoms with Crippen LogP contribution < -0.4 is 0 Å². The minimum atomic E-state index is -0.818. The zero-order valence-electron chi connectivity index (χ0n) is 9.28. The molecule has 0 bridgehead atoms. The summed E-state index contributed by atoms with van der Waals surface area (Å²) in [6, 6.07) is 14.8. The van der Waals surface area contributed by atoms with Crippen LogP contribution in [0.3, 0.4) is 0 Å². The summed E-state index contributed by atoms with van der Waals surface area (Å²) in [5, 5.41) is 9.26. The number of rotatable bonds is 4. The Kier molecular flexibility index (Phi) is 3.50. The van der Waals surface area contributed by atoms with Crippen molar-refractivity contribution in [3.63, 3.8) is 0 Å². The Morgan fingerprint density at radius 1 is 1.12 bits per heavy atom. The molecule has 2 rings (SSSR count). The largest absolute Gasteiger partial charge is 0.481 e. The van der Waals surface area contributed by atoms with Gasteiger partial charge in [-0.2, -0.15) is 0 Å². The number of aromatic nitrogens is 1. The van der Waals surface area contributed by atoms with Crippen molar-refractivity contribution < 1.29 is 9.90 Å². The van der Waals surface area contributed by atoms with Gasteiger partial charge in [0.1, 0.15) is 0 Å². The maximum atomic E-state index is 11.3. The molecule has 0 saturated heterocycles. The lowest BCUT2D eigenvalue weighted by Crippen LogP contribution is -2.14. The van der Waals surface area contributed by atoms with Gasteiger partial charge in [0.2, 0.25) is 0 Å². The molecule has 86 valence electrons. The van der Waals surface area contributed by atoms with Gasteiger partial charge in [-0.3, -0.25) is 9.78 Å². The first-order valence-corrected chi connectivity index (χ1v) is 5.45. The van der Waals surface area contributed by atoms with E-state index in [4.69, 9.17) is 0 Å². The second-order valence-corrected chi connectivity index (χ2v) is 3.83. The fourth-order valence-electron chi connectivity index (χ4n) is 1.76. The van der Waals surface area contributed by atoms with Crippen LogP contribution in [-0.4, -0.2) is 16.1 Å². The molecule has 0 fully saturated rings. The van der Waals surface area contributed by atoms with Crippen molar-refractivity contribution in [1.29, 1.82) is 0 Å². The highest BCUT2D eigenvalue weighted by Crippen LogP contribution is 2.20. The van der Waals surface area contributed by atoms with E-state index in [0.717, 1.165) is 11.3 Å². The Hall–Kier alpha value is -2.16. The maximum Gasteiger partial charge on any atom is 0.311 e. The molecule has 1 aromatic carbocycles. The molecule has 2 aromatic rings. The van der Waals surface area contributed by atoms with Crippen LogP contribution in [0.5, 0.6) is 0 Å². The number of carboxylic acid groups (broad SMARTS) is 1. The average molecular weight is 227 g/mol. The normalized spacial score (nSPS) is 12.0. The van der Waals surface area contributed by atoms with Crippen LogP contribution >= 0.6 is 0 Å². The molecule has 0 aliphatic heterocycles. The lowest BCUT2D eigenvalue weighted by molar-refractivity contribution is -0.138. The summed E-state index contributed by atoms with van der Waals surface area (Å²) in [6.07, 6.45) is 2.10. The van der Waals surface area contributed by atoms with E-state index in [9.17, 15) is 9.90 Å². The van der Waals surface area contributed by atoms with Gasteiger partial charge in [-0.05, 0) is 17.7 Å². The van der Waals surface area contributed by atoms with Gasteiger partial charge in [-0.15, -0.1) is 0 Å². The number of carboxylic acids is 1. The van der Waals surface area contributed by atoms with Crippen molar-refractivity contribution in [3.05, 3.63) is 66.0 Å². The molecular weight excluding hydrogens is 214 g/mol. The number of nitrogens with zero attached hydrogens (tertiary/aromatic N) is 1. The molecule has 0 saturated carbocycles. The molecule has 0 amide bonds. The molecule has 0 aliphatic carbocycles. The van der Waals surface area contributed by atoms with Crippen LogP contribution in [0, 0.1) is 0 Å². The first kappa shape index (κ1) is 11.3. The summed E-state index contributed by atoms with van der Waals surface area (Å²) in [7, 11) is 0. The fourth-order valence-corrected chi connectivity index (χ4v) is 1.76. The van der Waals surface area contributed by atoms with Crippen molar-refractivity contribution >= 4 is 5.97 Å². The second-order valence-electron chi connectivity index (χ2n) is 3.83. The average Bonchev–Trinajstić information content (AvgIpc) is 2.38. The molecule has 0 unspecified atom stereocenters. The van der Waals surface area contributed by atoms with Gasteiger partial charge in [0.25, 0.3) is 0 Å². The monoisotopic (exact) mass is 227 g/mol. The summed E-state index contributed by atoms with van der Waals surface area (Å²) < 4.78 is 0. The summed E-state index contributed by atoms with van der Waals surface area (Å²) >= 11 is 0. The number of hydrogen-bond donors (Lipinski definition) is 1. The number of carbonyl (C=O) groups is 1. The van der Waals surface area contributed by atoms with Gasteiger partial charge in [0.15, 0.2) is 0 Å². The first-order chi connectivity index (χ1) is 8.27. The SMILES string of the molecule is O=C(O)[C@@H](Cc1ccccn1)c1ccccc1. The predicted molar refractivity (Wildman–Crippen MR) is 64.8 cm³/mol. The molecule has 1 heterocycles. The predicted octanol–water partition coefficient (Wildman–Crippen LogP) is 2.49.